The Labute approximate surface area is 136 Å². The van der Waals surface area contributed by atoms with Gasteiger partial charge in [0.1, 0.15) is 0 Å². The molecule has 2 aromatic carbocycles. The summed E-state index contributed by atoms with van der Waals surface area (Å²) in [4.78, 5) is 2.14. The summed E-state index contributed by atoms with van der Waals surface area (Å²) >= 11 is 5.04. The van der Waals surface area contributed by atoms with Crippen LogP contribution in [0.2, 0.25) is 0 Å². The molecule has 0 aliphatic rings. The van der Waals surface area contributed by atoms with Crippen LogP contribution in [0.4, 0.5) is 11.4 Å². The van der Waals surface area contributed by atoms with Gasteiger partial charge < -0.3 is 10.2 Å². The van der Waals surface area contributed by atoms with Crippen LogP contribution in [0.3, 0.4) is 0 Å². The van der Waals surface area contributed by atoms with Gasteiger partial charge in [0.25, 0.3) is 0 Å². The smallest absolute Gasteiger partial charge is 0.186 e. The van der Waals surface area contributed by atoms with Crippen molar-refractivity contribution in [3.05, 3.63) is 60.2 Å². The highest BCUT2D eigenvalue weighted by Crippen LogP contribution is 2.22. The van der Waals surface area contributed by atoms with Gasteiger partial charge in [0.2, 0.25) is 0 Å². The molecule has 0 radical (unpaired) electrons. The van der Waals surface area contributed by atoms with Gasteiger partial charge in [-0.15, -0.1) is 0 Å². The number of thiocarbonyl (C=S) groups is 1. The van der Waals surface area contributed by atoms with Crippen LogP contribution in [0.5, 0.6) is 0 Å². The van der Waals surface area contributed by atoms with Gasteiger partial charge in [0.15, 0.2) is 5.11 Å². The number of hydrogen-bond acceptors (Lipinski definition) is 3. The van der Waals surface area contributed by atoms with E-state index in [1.165, 1.54) is 0 Å². The molecule has 2 N–H and O–H groups in total. The topological polar surface area (TPSA) is 39.7 Å². The molecule has 5 heteroatoms. The maximum atomic E-state index is 5.04. The molecule has 0 bridgehead atoms. The van der Waals surface area contributed by atoms with Gasteiger partial charge in [-0.05, 0) is 49.0 Å². The summed E-state index contributed by atoms with van der Waals surface area (Å²) in [7, 11) is 2.05. The van der Waals surface area contributed by atoms with Crippen molar-refractivity contribution in [3.8, 4) is 0 Å². The van der Waals surface area contributed by atoms with Gasteiger partial charge in [-0.25, -0.2) is 0 Å². The zero-order chi connectivity index (χ0) is 15.8. The molecule has 114 valence electrons. The number of hydrogen-bond donors (Lipinski definition) is 2. The summed E-state index contributed by atoms with van der Waals surface area (Å²) in [6.45, 7) is 2.77. The molecule has 0 aliphatic heterocycles. The molecule has 0 spiro atoms. The third-order valence-corrected chi connectivity index (χ3v) is 3.38. The van der Waals surface area contributed by atoms with Gasteiger partial charge in [-0.1, -0.05) is 30.3 Å². The summed E-state index contributed by atoms with van der Waals surface area (Å²) in [6, 6.07) is 18.4. The van der Waals surface area contributed by atoms with Crippen molar-refractivity contribution >= 4 is 34.9 Å². The van der Waals surface area contributed by atoms with Crippen molar-refractivity contribution in [2.24, 2.45) is 5.10 Å². The van der Waals surface area contributed by atoms with Crippen LogP contribution in [0.25, 0.3) is 0 Å². The van der Waals surface area contributed by atoms with Gasteiger partial charge in [0, 0.05) is 25.0 Å². The monoisotopic (exact) mass is 312 g/mol. The second-order valence-electron chi connectivity index (χ2n) is 4.72. The Kier molecular flexibility index (Phi) is 5.91. The molecule has 0 fully saturated rings. The number of benzene rings is 2. The molecule has 0 aromatic heterocycles. The Bertz CT molecular complexity index is 623. The Morgan fingerprint density at radius 2 is 1.73 bits per heavy atom. The van der Waals surface area contributed by atoms with E-state index in [9.17, 15) is 0 Å². The molecular formula is C17H20N4S. The van der Waals surface area contributed by atoms with E-state index < -0.39 is 0 Å². The molecule has 2 aromatic rings. The number of rotatable bonds is 5. The number of anilines is 2. The second-order valence-corrected chi connectivity index (χ2v) is 5.12. The van der Waals surface area contributed by atoms with Crippen LogP contribution in [-0.2, 0) is 0 Å². The molecule has 0 heterocycles. The quantitative estimate of drug-likeness (QED) is 0.505. The van der Waals surface area contributed by atoms with E-state index in [2.05, 4.69) is 52.1 Å². The van der Waals surface area contributed by atoms with Gasteiger partial charge in [-0.3, -0.25) is 5.43 Å². The first-order chi connectivity index (χ1) is 10.7. The molecule has 0 atom stereocenters. The molecule has 0 aliphatic carbocycles. The summed E-state index contributed by atoms with van der Waals surface area (Å²) < 4.78 is 0. The first-order valence-electron chi connectivity index (χ1n) is 7.16. The molecular weight excluding hydrogens is 292 g/mol. The molecule has 0 unspecified atom stereocenters. The number of hydrazone groups is 1. The lowest BCUT2D eigenvalue weighted by atomic mass is 10.2. The molecule has 0 saturated heterocycles. The van der Waals surface area contributed by atoms with E-state index >= 15 is 0 Å². The number of nitrogens with zero attached hydrogens (tertiary/aromatic N) is 2. The van der Waals surface area contributed by atoms with Crippen LogP contribution in [0.1, 0.15) is 12.5 Å². The van der Waals surface area contributed by atoms with E-state index in [1.807, 2.05) is 37.3 Å². The standard InChI is InChI=1S/C17H20N4S/c1-3-18-17(22)20-19-13-14-9-11-16(12-10-14)21(2)15-7-5-4-6-8-15/h4-13H,3H2,1-2H3,(H2,18,20,22). The first-order valence-corrected chi connectivity index (χ1v) is 7.57. The summed E-state index contributed by atoms with van der Waals surface area (Å²) in [6.07, 6.45) is 1.75. The Hall–Kier alpha value is -2.40. The molecule has 0 saturated carbocycles. The molecule has 2 rings (SSSR count). The van der Waals surface area contributed by atoms with E-state index in [0.717, 1.165) is 23.5 Å². The van der Waals surface area contributed by atoms with Gasteiger partial charge >= 0.3 is 0 Å². The number of para-hydroxylation sites is 1. The fourth-order valence-corrected chi connectivity index (χ4v) is 2.15. The Morgan fingerprint density at radius 3 is 2.36 bits per heavy atom. The Balaban J connectivity index is 1.98. The van der Waals surface area contributed by atoms with Crippen molar-refractivity contribution in [3.63, 3.8) is 0 Å². The van der Waals surface area contributed by atoms with Crippen molar-refractivity contribution in [2.75, 3.05) is 18.5 Å². The third-order valence-electron chi connectivity index (χ3n) is 3.14. The minimum atomic E-state index is 0.527. The largest absolute Gasteiger partial charge is 0.362 e. The van der Waals surface area contributed by atoms with Crippen molar-refractivity contribution < 1.29 is 0 Å². The van der Waals surface area contributed by atoms with Crippen LogP contribution >= 0.6 is 12.2 Å². The number of nitrogens with one attached hydrogen (secondary N) is 2. The average Bonchev–Trinajstić information content (AvgIpc) is 2.56. The minimum absolute atomic E-state index is 0.527. The van der Waals surface area contributed by atoms with E-state index in [4.69, 9.17) is 12.2 Å². The summed E-state index contributed by atoms with van der Waals surface area (Å²) in [5.74, 6) is 0. The highest BCUT2D eigenvalue weighted by atomic mass is 32.1. The zero-order valence-electron chi connectivity index (χ0n) is 12.8. The summed E-state index contributed by atoms with van der Waals surface area (Å²) in [5.41, 5.74) is 6.06. The highest BCUT2D eigenvalue weighted by Gasteiger charge is 2.02. The fraction of sp³-hybridized carbons (Fsp3) is 0.176. The average molecular weight is 312 g/mol. The SMILES string of the molecule is CCNC(=S)NN=Cc1ccc(N(C)c2ccccc2)cc1. The maximum Gasteiger partial charge on any atom is 0.186 e. The maximum absolute atomic E-state index is 5.04. The van der Waals surface area contributed by atoms with Crippen LogP contribution < -0.4 is 15.6 Å². The summed E-state index contributed by atoms with van der Waals surface area (Å²) in [5, 5.41) is 7.60. The zero-order valence-corrected chi connectivity index (χ0v) is 13.6. The van der Waals surface area contributed by atoms with Crippen molar-refractivity contribution in [1.29, 1.82) is 0 Å². The minimum Gasteiger partial charge on any atom is -0.362 e. The Morgan fingerprint density at radius 1 is 1.09 bits per heavy atom. The van der Waals surface area contributed by atoms with Crippen molar-refractivity contribution in [1.82, 2.24) is 10.7 Å². The lowest BCUT2D eigenvalue weighted by molar-refractivity contribution is 0.904. The molecule has 4 nitrogen and oxygen atoms in total. The highest BCUT2D eigenvalue weighted by molar-refractivity contribution is 7.80. The first kappa shape index (κ1) is 16.0. The van der Waals surface area contributed by atoms with Crippen LogP contribution in [0, 0.1) is 0 Å². The van der Waals surface area contributed by atoms with E-state index in [1.54, 1.807) is 6.21 Å². The van der Waals surface area contributed by atoms with Crippen LogP contribution in [-0.4, -0.2) is 24.9 Å². The normalized spacial score (nSPS) is 10.5. The molecule has 22 heavy (non-hydrogen) atoms. The van der Waals surface area contributed by atoms with E-state index in [0.29, 0.717) is 5.11 Å². The lowest BCUT2D eigenvalue weighted by Gasteiger charge is -2.19. The predicted octanol–water partition coefficient (Wildman–Crippen LogP) is 3.27. The van der Waals surface area contributed by atoms with Crippen LogP contribution in [0.15, 0.2) is 59.7 Å². The van der Waals surface area contributed by atoms with E-state index in [-0.39, 0.29) is 0 Å². The lowest BCUT2D eigenvalue weighted by Crippen LogP contribution is -2.31. The van der Waals surface area contributed by atoms with Gasteiger partial charge in [-0.2, -0.15) is 5.10 Å². The molecule has 0 amide bonds. The second kappa shape index (κ2) is 8.14. The van der Waals surface area contributed by atoms with Crippen molar-refractivity contribution in [2.45, 2.75) is 6.92 Å². The predicted molar refractivity (Wildman–Crippen MR) is 98.0 cm³/mol. The fourth-order valence-electron chi connectivity index (χ4n) is 1.95. The third kappa shape index (κ3) is 4.56. The van der Waals surface area contributed by atoms with Gasteiger partial charge in [0.05, 0.1) is 6.21 Å².